The van der Waals surface area contributed by atoms with Crippen molar-refractivity contribution < 1.29 is 17.9 Å². The van der Waals surface area contributed by atoms with Gasteiger partial charge < -0.3 is 10.1 Å². The van der Waals surface area contributed by atoms with E-state index in [2.05, 4.69) is 5.32 Å². The number of carbonyl (C=O) groups excluding carboxylic acids is 1. The van der Waals surface area contributed by atoms with Gasteiger partial charge in [0.15, 0.2) is 0 Å². The number of para-hydroxylation sites is 1. The summed E-state index contributed by atoms with van der Waals surface area (Å²) in [7, 11) is -3.50. The van der Waals surface area contributed by atoms with Crippen molar-refractivity contribution in [3.63, 3.8) is 0 Å². The van der Waals surface area contributed by atoms with Crippen LogP contribution in [0, 0.1) is 0 Å². The Hall–Kier alpha value is -2.51. The molecule has 0 bridgehead atoms. The van der Waals surface area contributed by atoms with Crippen LogP contribution >= 0.6 is 11.6 Å². The molecule has 2 aliphatic heterocycles. The minimum atomic E-state index is -3.50. The van der Waals surface area contributed by atoms with Gasteiger partial charge in [-0.2, -0.15) is 0 Å². The zero-order valence-corrected chi connectivity index (χ0v) is 16.6. The molecule has 0 spiro atoms. The summed E-state index contributed by atoms with van der Waals surface area (Å²) < 4.78 is 32.3. The normalized spacial score (nSPS) is 15.3. The Bertz CT molecular complexity index is 1070. The Morgan fingerprint density at radius 2 is 2.04 bits per heavy atom. The summed E-state index contributed by atoms with van der Waals surface area (Å²) in [4.78, 5) is 12.4. The molecule has 1 N–H and O–H groups in total. The fraction of sp³-hybridized carbons (Fsp3) is 0.250. The molecule has 0 radical (unpaired) electrons. The van der Waals surface area contributed by atoms with Gasteiger partial charge in [-0.15, -0.1) is 0 Å². The summed E-state index contributed by atoms with van der Waals surface area (Å²) in [6.07, 6.45) is 2.42. The van der Waals surface area contributed by atoms with E-state index in [1.165, 1.54) is 4.31 Å². The molecule has 0 unspecified atom stereocenters. The average Bonchev–Trinajstić information content (AvgIpc) is 3.12. The second-order valence-corrected chi connectivity index (χ2v) is 9.11. The molecule has 1 amide bonds. The number of benzene rings is 2. The smallest absolute Gasteiger partial charge is 0.250 e. The number of hydrogen-bond acceptors (Lipinski definition) is 4. The van der Waals surface area contributed by atoms with Crippen molar-refractivity contribution in [3.8, 4) is 5.75 Å². The Morgan fingerprint density at radius 3 is 2.89 bits per heavy atom. The number of amides is 1. The molecule has 0 fully saturated rings. The highest BCUT2D eigenvalue weighted by Gasteiger charge is 2.29. The van der Waals surface area contributed by atoms with Crippen LogP contribution in [0.3, 0.4) is 0 Å². The van der Waals surface area contributed by atoms with Crippen molar-refractivity contribution in [1.29, 1.82) is 0 Å². The largest absolute Gasteiger partial charge is 0.488 e. The highest BCUT2D eigenvalue weighted by Crippen LogP contribution is 2.30. The lowest BCUT2D eigenvalue weighted by molar-refractivity contribution is -0.117. The fourth-order valence-electron chi connectivity index (χ4n) is 3.39. The van der Waals surface area contributed by atoms with E-state index in [1.807, 2.05) is 24.3 Å². The lowest BCUT2D eigenvalue weighted by atomic mass is 10.1. The average molecular weight is 419 g/mol. The molecule has 0 atom stereocenters. The van der Waals surface area contributed by atoms with Crippen LogP contribution < -0.4 is 14.4 Å². The van der Waals surface area contributed by atoms with E-state index in [4.69, 9.17) is 16.3 Å². The van der Waals surface area contributed by atoms with Crippen molar-refractivity contribution in [2.24, 2.45) is 0 Å². The second-order valence-electron chi connectivity index (χ2n) is 6.66. The number of rotatable bonds is 5. The topological polar surface area (TPSA) is 75.7 Å². The number of nitrogens with one attached hydrogen (secondary N) is 1. The van der Waals surface area contributed by atoms with Crippen LogP contribution in [0.25, 0.3) is 6.08 Å². The summed E-state index contributed by atoms with van der Waals surface area (Å²) in [5, 5.41) is 3.23. The standard InChI is InChI=1S/C20H19ClN2O4S/c21-17-5-6-19-15(12-17)11-16(13-27-19)20(24)22-8-10-28(25,26)23-9-7-14-3-1-2-4-18(14)23/h1-6,11-12H,7-10,13H2,(H,22,24). The number of halogens is 1. The molecule has 146 valence electrons. The van der Waals surface area contributed by atoms with Crippen LogP contribution in [0.2, 0.25) is 5.02 Å². The molecule has 0 saturated carbocycles. The molecule has 2 aromatic carbocycles. The van der Waals surface area contributed by atoms with Gasteiger partial charge in [-0.05, 0) is 42.3 Å². The van der Waals surface area contributed by atoms with Crippen molar-refractivity contribution in [1.82, 2.24) is 5.32 Å². The van der Waals surface area contributed by atoms with E-state index >= 15 is 0 Å². The summed E-state index contributed by atoms with van der Waals surface area (Å²) in [5.41, 5.74) is 2.91. The minimum absolute atomic E-state index is 0.0274. The maximum Gasteiger partial charge on any atom is 0.250 e. The predicted molar refractivity (Wildman–Crippen MR) is 109 cm³/mol. The van der Waals surface area contributed by atoms with Gasteiger partial charge in [-0.1, -0.05) is 29.8 Å². The van der Waals surface area contributed by atoms with Crippen molar-refractivity contribution >= 4 is 39.3 Å². The van der Waals surface area contributed by atoms with Crippen molar-refractivity contribution in [2.45, 2.75) is 6.42 Å². The third kappa shape index (κ3) is 3.72. The van der Waals surface area contributed by atoms with Crippen molar-refractivity contribution in [2.75, 3.05) is 29.8 Å². The maximum absolute atomic E-state index is 12.7. The third-order valence-electron chi connectivity index (χ3n) is 4.80. The number of nitrogens with zero attached hydrogens (tertiary/aromatic N) is 1. The Labute approximate surface area is 168 Å². The van der Waals surface area contributed by atoms with Crippen LogP contribution in [0.15, 0.2) is 48.0 Å². The Balaban J connectivity index is 1.38. The Morgan fingerprint density at radius 1 is 1.21 bits per heavy atom. The number of sulfonamides is 1. The summed E-state index contributed by atoms with van der Waals surface area (Å²) in [5.74, 6) is 0.155. The van der Waals surface area contributed by atoms with Crippen LogP contribution in [0.4, 0.5) is 5.69 Å². The molecule has 0 aromatic heterocycles. The van der Waals surface area contributed by atoms with E-state index in [1.54, 1.807) is 24.3 Å². The second kappa shape index (κ2) is 7.48. The molecule has 6 nitrogen and oxygen atoms in total. The number of fused-ring (bicyclic) bond motifs is 2. The van der Waals surface area contributed by atoms with Gasteiger partial charge in [-0.3, -0.25) is 9.10 Å². The van der Waals surface area contributed by atoms with E-state index < -0.39 is 10.0 Å². The van der Waals surface area contributed by atoms with Crippen LogP contribution in [0.5, 0.6) is 5.75 Å². The monoisotopic (exact) mass is 418 g/mol. The molecular weight excluding hydrogens is 400 g/mol. The van der Waals surface area contributed by atoms with Crippen molar-refractivity contribution in [3.05, 3.63) is 64.2 Å². The van der Waals surface area contributed by atoms with E-state index in [0.717, 1.165) is 16.8 Å². The third-order valence-corrected chi connectivity index (χ3v) is 6.81. The molecule has 4 rings (SSSR count). The number of hydrogen-bond donors (Lipinski definition) is 1. The predicted octanol–water partition coefficient (Wildman–Crippen LogP) is 2.62. The van der Waals surface area contributed by atoms with E-state index in [-0.39, 0.29) is 24.8 Å². The summed E-state index contributed by atoms with van der Waals surface area (Å²) >= 11 is 5.98. The molecule has 2 heterocycles. The first kappa shape index (κ1) is 18.8. The van der Waals surface area contributed by atoms with Gasteiger partial charge in [0.25, 0.3) is 5.91 Å². The van der Waals surface area contributed by atoms with Gasteiger partial charge >= 0.3 is 0 Å². The highest BCUT2D eigenvalue weighted by molar-refractivity contribution is 7.92. The lowest BCUT2D eigenvalue weighted by Crippen LogP contribution is -2.38. The first-order valence-corrected chi connectivity index (χ1v) is 10.9. The van der Waals surface area contributed by atoms with Gasteiger partial charge in [0.2, 0.25) is 10.0 Å². The van der Waals surface area contributed by atoms with Crippen LogP contribution in [0.1, 0.15) is 11.1 Å². The molecule has 0 aliphatic carbocycles. The molecule has 8 heteroatoms. The SMILES string of the molecule is O=C(NCCS(=O)(=O)N1CCc2ccccc21)C1=Cc2cc(Cl)ccc2OC1. The molecule has 2 aliphatic rings. The van der Waals surface area contributed by atoms with E-state index in [0.29, 0.717) is 29.3 Å². The Kier molecular flexibility index (Phi) is 5.03. The van der Waals surface area contributed by atoms with Gasteiger partial charge in [0.05, 0.1) is 17.0 Å². The molecule has 2 aromatic rings. The number of anilines is 1. The van der Waals surface area contributed by atoms with Gasteiger partial charge in [0, 0.05) is 23.7 Å². The van der Waals surface area contributed by atoms with Gasteiger partial charge in [-0.25, -0.2) is 8.42 Å². The molecule has 0 saturated heterocycles. The zero-order valence-electron chi connectivity index (χ0n) is 15.0. The molecule has 28 heavy (non-hydrogen) atoms. The van der Waals surface area contributed by atoms with Crippen LogP contribution in [-0.4, -0.2) is 39.8 Å². The minimum Gasteiger partial charge on any atom is -0.488 e. The van der Waals surface area contributed by atoms with E-state index in [9.17, 15) is 13.2 Å². The fourth-order valence-corrected chi connectivity index (χ4v) is 5.00. The zero-order chi connectivity index (χ0) is 19.7. The summed E-state index contributed by atoms with van der Waals surface area (Å²) in [6.45, 7) is 0.596. The van der Waals surface area contributed by atoms with Gasteiger partial charge in [0.1, 0.15) is 12.4 Å². The first-order valence-electron chi connectivity index (χ1n) is 8.93. The number of carbonyl (C=O) groups is 1. The lowest BCUT2D eigenvalue weighted by Gasteiger charge is -2.20. The summed E-state index contributed by atoms with van der Waals surface area (Å²) in [6, 6.07) is 12.7. The molecular formula is C20H19ClN2O4S. The maximum atomic E-state index is 12.7. The number of ether oxygens (including phenoxy) is 1. The van der Waals surface area contributed by atoms with Crippen LogP contribution in [-0.2, 0) is 21.2 Å². The highest BCUT2D eigenvalue weighted by atomic mass is 35.5. The first-order chi connectivity index (χ1) is 13.4. The quantitative estimate of drug-likeness (QED) is 0.809.